The van der Waals surface area contributed by atoms with Crippen molar-refractivity contribution in [3.63, 3.8) is 0 Å². The molecule has 106 valence electrons. The van der Waals surface area contributed by atoms with Gasteiger partial charge in [-0.3, -0.25) is 4.79 Å². The summed E-state index contributed by atoms with van der Waals surface area (Å²) < 4.78 is 0. The number of primary amides is 1. The molecule has 1 fully saturated rings. The molecule has 4 unspecified atom stereocenters. The number of amides is 1. The summed E-state index contributed by atoms with van der Waals surface area (Å²) in [4.78, 5) is 11.6. The molecule has 0 aromatic carbocycles. The number of hydrogen-bond acceptors (Lipinski definition) is 2. The van der Waals surface area contributed by atoms with Gasteiger partial charge in [-0.2, -0.15) is 0 Å². The van der Waals surface area contributed by atoms with E-state index in [1.54, 1.807) is 0 Å². The van der Waals surface area contributed by atoms with Gasteiger partial charge < -0.3 is 11.1 Å². The average Bonchev–Trinajstić information content (AvgIpc) is 2.28. The lowest BCUT2D eigenvalue weighted by Gasteiger charge is -2.42. The number of rotatable bonds is 5. The van der Waals surface area contributed by atoms with E-state index < -0.39 is 5.54 Å². The Hall–Kier alpha value is -0.570. The monoisotopic (exact) mass is 254 g/mol. The van der Waals surface area contributed by atoms with Gasteiger partial charge in [0.2, 0.25) is 5.91 Å². The maximum absolute atomic E-state index is 11.6. The molecule has 1 amide bonds. The van der Waals surface area contributed by atoms with Crippen LogP contribution < -0.4 is 11.1 Å². The highest BCUT2D eigenvalue weighted by atomic mass is 16.1. The zero-order chi connectivity index (χ0) is 13.9. The Morgan fingerprint density at radius 2 is 2.06 bits per heavy atom. The highest BCUT2D eigenvalue weighted by Crippen LogP contribution is 2.34. The Labute approximate surface area is 112 Å². The van der Waals surface area contributed by atoms with Crippen LogP contribution in [0.15, 0.2) is 0 Å². The highest BCUT2D eigenvalue weighted by Gasteiger charge is 2.37. The van der Waals surface area contributed by atoms with Crippen LogP contribution in [0.4, 0.5) is 0 Å². The van der Waals surface area contributed by atoms with Gasteiger partial charge in [0.1, 0.15) is 0 Å². The minimum atomic E-state index is -0.561. The highest BCUT2D eigenvalue weighted by molar-refractivity contribution is 5.84. The van der Waals surface area contributed by atoms with Crippen LogP contribution in [0.2, 0.25) is 0 Å². The van der Waals surface area contributed by atoms with Crippen LogP contribution in [0.25, 0.3) is 0 Å². The van der Waals surface area contributed by atoms with Gasteiger partial charge in [0.15, 0.2) is 0 Å². The number of nitrogens with two attached hydrogens (primary N) is 1. The molecule has 1 rings (SSSR count). The van der Waals surface area contributed by atoms with E-state index in [0.29, 0.717) is 17.9 Å². The quantitative estimate of drug-likeness (QED) is 0.792. The molecule has 3 heteroatoms. The summed E-state index contributed by atoms with van der Waals surface area (Å²) in [6.45, 7) is 10.8. The Kier molecular flexibility index (Phi) is 5.20. The fraction of sp³-hybridized carbons (Fsp3) is 0.933. The summed E-state index contributed by atoms with van der Waals surface area (Å²) >= 11 is 0. The van der Waals surface area contributed by atoms with E-state index in [-0.39, 0.29) is 5.91 Å². The number of carbonyl (C=O) groups is 1. The summed E-state index contributed by atoms with van der Waals surface area (Å²) in [7, 11) is 0. The minimum absolute atomic E-state index is 0.231. The first-order valence-electron chi connectivity index (χ1n) is 7.37. The van der Waals surface area contributed by atoms with E-state index in [0.717, 1.165) is 18.8 Å². The van der Waals surface area contributed by atoms with E-state index in [9.17, 15) is 4.79 Å². The van der Waals surface area contributed by atoms with Crippen molar-refractivity contribution in [3.8, 4) is 0 Å². The zero-order valence-corrected chi connectivity index (χ0v) is 12.6. The molecular formula is C15H30N2O. The van der Waals surface area contributed by atoms with Gasteiger partial charge in [-0.1, -0.05) is 34.1 Å². The molecule has 4 atom stereocenters. The second-order valence-electron chi connectivity index (χ2n) is 6.63. The lowest BCUT2D eigenvalue weighted by atomic mass is 9.73. The van der Waals surface area contributed by atoms with Gasteiger partial charge in [-0.05, 0) is 43.9 Å². The number of nitrogens with one attached hydrogen (secondary N) is 1. The van der Waals surface area contributed by atoms with Crippen LogP contribution in [0.1, 0.15) is 60.3 Å². The standard InChI is InChI=1S/C15H30N2O/c1-6-15(5,14(16)18)17-13-9-11(4)7-8-12(13)10(2)3/h10-13,17H,6-9H2,1-5H3,(H2,16,18). The van der Waals surface area contributed by atoms with Gasteiger partial charge in [-0.15, -0.1) is 0 Å². The first-order chi connectivity index (χ1) is 8.30. The van der Waals surface area contributed by atoms with Crippen molar-refractivity contribution in [2.24, 2.45) is 23.5 Å². The van der Waals surface area contributed by atoms with E-state index >= 15 is 0 Å². The summed E-state index contributed by atoms with van der Waals surface area (Å²) in [6.07, 6.45) is 4.47. The molecule has 1 aliphatic rings. The molecular weight excluding hydrogens is 224 g/mol. The number of hydrogen-bond donors (Lipinski definition) is 2. The van der Waals surface area contributed by atoms with Crippen LogP contribution in [0.5, 0.6) is 0 Å². The van der Waals surface area contributed by atoms with E-state index in [2.05, 4.69) is 26.1 Å². The third-order valence-corrected chi connectivity index (χ3v) is 4.78. The van der Waals surface area contributed by atoms with Crippen molar-refractivity contribution >= 4 is 5.91 Å². The van der Waals surface area contributed by atoms with Crippen LogP contribution >= 0.6 is 0 Å². The van der Waals surface area contributed by atoms with Crippen LogP contribution in [-0.2, 0) is 4.79 Å². The second-order valence-corrected chi connectivity index (χ2v) is 6.63. The third kappa shape index (κ3) is 3.47. The van der Waals surface area contributed by atoms with Gasteiger partial charge in [0.05, 0.1) is 5.54 Å². The molecule has 0 saturated heterocycles. The van der Waals surface area contributed by atoms with Gasteiger partial charge in [-0.25, -0.2) is 0 Å². The van der Waals surface area contributed by atoms with E-state index in [1.807, 2.05) is 13.8 Å². The van der Waals surface area contributed by atoms with Crippen molar-refractivity contribution in [3.05, 3.63) is 0 Å². The van der Waals surface area contributed by atoms with E-state index in [1.165, 1.54) is 12.8 Å². The molecule has 0 radical (unpaired) electrons. The van der Waals surface area contributed by atoms with Crippen molar-refractivity contribution in [2.75, 3.05) is 0 Å². The number of carbonyl (C=O) groups excluding carboxylic acids is 1. The average molecular weight is 254 g/mol. The van der Waals surface area contributed by atoms with Crippen molar-refractivity contribution in [1.29, 1.82) is 0 Å². The smallest absolute Gasteiger partial charge is 0.237 e. The third-order valence-electron chi connectivity index (χ3n) is 4.78. The second kappa shape index (κ2) is 6.05. The maximum Gasteiger partial charge on any atom is 0.237 e. The van der Waals surface area contributed by atoms with Gasteiger partial charge in [0.25, 0.3) is 0 Å². The zero-order valence-electron chi connectivity index (χ0n) is 12.6. The van der Waals surface area contributed by atoms with Crippen LogP contribution in [0, 0.1) is 17.8 Å². The van der Waals surface area contributed by atoms with Gasteiger partial charge in [0, 0.05) is 6.04 Å². The fourth-order valence-electron chi connectivity index (χ4n) is 3.12. The predicted octanol–water partition coefficient (Wildman–Crippen LogP) is 2.69. The predicted molar refractivity (Wildman–Crippen MR) is 76.2 cm³/mol. The Bertz CT molecular complexity index is 290. The molecule has 0 aliphatic heterocycles. The molecule has 0 heterocycles. The molecule has 0 aromatic rings. The molecule has 1 saturated carbocycles. The Morgan fingerprint density at radius 3 is 2.50 bits per heavy atom. The molecule has 1 aliphatic carbocycles. The molecule has 0 aromatic heterocycles. The summed E-state index contributed by atoms with van der Waals surface area (Å²) in [5.74, 6) is 1.83. The van der Waals surface area contributed by atoms with Crippen molar-refractivity contribution in [1.82, 2.24) is 5.32 Å². The Morgan fingerprint density at radius 1 is 1.44 bits per heavy atom. The normalized spacial score (nSPS) is 32.2. The molecule has 18 heavy (non-hydrogen) atoms. The largest absolute Gasteiger partial charge is 0.368 e. The molecule has 0 spiro atoms. The maximum atomic E-state index is 11.6. The van der Waals surface area contributed by atoms with Crippen LogP contribution in [0.3, 0.4) is 0 Å². The SMILES string of the molecule is CCC(C)(NC1CC(C)CCC1C(C)C)C(N)=O. The topological polar surface area (TPSA) is 55.1 Å². The first-order valence-corrected chi connectivity index (χ1v) is 7.37. The molecule has 0 bridgehead atoms. The minimum Gasteiger partial charge on any atom is -0.368 e. The lowest BCUT2D eigenvalue weighted by molar-refractivity contribution is -0.124. The summed E-state index contributed by atoms with van der Waals surface area (Å²) in [6, 6.07) is 0.422. The Balaban J connectivity index is 2.80. The van der Waals surface area contributed by atoms with Crippen molar-refractivity contribution < 1.29 is 4.79 Å². The lowest BCUT2D eigenvalue weighted by Crippen LogP contribution is -2.59. The fourth-order valence-corrected chi connectivity index (χ4v) is 3.12. The van der Waals surface area contributed by atoms with Gasteiger partial charge >= 0.3 is 0 Å². The van der Waals surface area contributed by atoms with E-state index in [4.69, 9.17) is 5.73 Å². The summed E-state index contributed by atoms with van der Waals surface area (Å²) in [5.41, 5.74) is 4.99. The first kappa shape index (κ1) is 15.5. The van der Waals surface area contributed by atoms with Crippen LogP contribution in [-0.4, -0.2) is 17.5 Å². The van der Waals surface area contributed by atoms with Crippen molar-refractivity contribution in [2.45, 2.75) is 71.9 Å². The summed E-state index contributed by atoms with van der Waals surface area (Å²) in [5, 5.41) is 3.57. The molecule has 3 N–H and O–H groups in total. The molecule has 3 nitrogen and oxygen atoms in total.